The van der Waals surface area contributed by atoms with Gasteiger partial charge in [0.15, 0.2) is 0 Å². The molecule has 8 heteroatoms. The third kappa shape index (κ3) is 4.73. The monoisotopic (exact) mass is 472 g/mol. The summed E-state index contributed by atoms with van der Waals surface area (Å²) in [6, 6.07) is 19.2. The standard InChI is InChI=1S/C27H28N4O4/c1-27(2,21-11-7-9-19(28-21)17-13-15-23(32-3)30-25(17)34-5)22-12-8-10-20(29-22)18-14-16-24(33-4)31-26(18)35-6/h7-16H,1-6H3. The zero-order chi connectivity index (χ0) is 25.0. The van der Waals surface area contributed by atoms with Crippen molar-refractivity contribution in [2.45, 2.75) is 19.3 Å². The molecule has 4 aromatic rings. The second-order valence-corrected chi connectivity index (χ2v) is 8.26. The lowest BCUT2D eigenvalue weighted by Crippen LogP contribution is -2.22. The molecule has 0 radical (unpaired) electrons. The van der Waals surface area contributed by atoms with E-state index in [4.69, 9.17) is 28.9 Å². The quantitative estimate of drug-likeness (QED) is 0.356. The Balaban J connectivity index is 1.74. The summed E-state index contributed by atoms with van der Waals surface area (Å²) in [7, 11) is 6.30. The van der Waals surface area contributed by atoms with E-state index in [1.807, 2.05) is 48.5 Å². The summed E-state index contributed by atoms with van der Waals surface area (Å²) >= 11 is 0. The van der Waals surface area contributed by atoms with Crippen LogP contribution in [0.15, 0.2) is 60.7 Å². The molecule has 0 aliphatic carbocycles. The Hall–Kier alpha value is -4.20. The van der Waals surface area contributed by atoms with Gasteiger partial charge in [-0.15, -0.1) is 0 Å². The molecule has 8 nitrogen and oxygen atoms in total. The van der Waals surface area contributed by atoms with E-state index >= 15 is 0 Å². The van der Waals surface area contributed by atoms with Crippen molar-refractivity contribution < 1.29 is 18.9 Å². The van der Waals surface area contributed by atoms with Crippen LogP contribution >= 0.6 is 0 Å². The number of pyridine rings is 4. The Labute approximate surface area is 204 Å². The Morgan fingerprint density at radius 1 is 0.514 bits per heavy atom. The van der Waals surface area contributed by atoms with Crippen molar-refractivity contribution in [1.29, 1.82) is 0 Å². The fourth-order valence-electron chi connectivity index (χ4n) is 3.77. The average molecular weight is 473 g/mol. The Kier molecular flexibility index (Phi) is 6.82. The van der Waals surface area contributed by atoms with Crippen molar-refractivity contribution in [1.82, 2.24) is 19.9 Å². The molecule has 0 N–H and O–H groups in total. The van der Waals surface area contributed by atoms with Crippen molar-refractivity contribution in [2.75, 3.05) is 28.4 Å². The average Bonchev–Trinajstić information content (AvgIpc) is 2.92. The number of ether oxygens (including phenoxy) is 4. The highest BCUT2D eigenvalue weighted by Gasteiger charge is 2.28. The molecule has 0 saturated heterocycles. The van der Waals surface area contributed by atoms with Crippen molar-refractivity contribution in [2.24, 2.45) is 0 Å². The Morgan fingerprint density at radius 2 is 0.943 bits per heavy atom. The third-order valence-electron chi connectivity index (χ3n) is 5.81. The number of hydrogen-bond acceptors (Lipinski definition) is 8. The lowest BCUT2D eigenvalue weighted by molar-refractivity contribution is 0.365. The predicted octanol–water partition coefficient (Wildman–Crippen LogP) is 4.96. The Bertz CT molecular complexity index is 1240. The summed E-state index contributed by atoms with van der Waals surface area (Å²) in [6.45, 7) is 4.19. The molecule has 0 aromatic carbocycles. The van der Waals surface area contributed by atoms with E-state index in [9.17, 15) is 0 Å². The number of nitrogens with zero attached hydrogens (tertiary/aromatic N) is 4. The number of hydrogen-bond donors (Lipinski definition) is 0. The fourth-order valence-corrected chi connectivity index (χ4v) is 3.77. The van der Waals surface area contributed by atoms with E-state index in [-0.39, 0.29) is 0 Å². The zero-order valence-electron chi connectivity index (χ0n) is 20.7. The first-order chi connectivity index (χ1) is 16.9. The van der Waals surface area contributed by atoms with Crippen LogP contribution in [0.3, 0.4) is 0 Å². The second kappa shape index (κ2) is 9.97. The van der Waals surface area contributed by atoms with Gasteiger partial charge in [-0.1, -0.05) is 12.1 Å². The summed E-state index contributed by atoms with van der Waals surface area (Å²) in [6.07, 6.45) is 0. The SMILES string of the molecule is COc1ccc(-c2cccc(C(C)(C)c3cccc(-c4ccc(OC)nc4OC)n3)n2)c(OC)n1. The van der Waals surface area contributed by atoms with Crippen molar-refractivity contribution in [3.05, 3.63) is 72.1 Å². The van der Waals surface area contributed by atoms with Crippen LogP contribution in [0.25, 0.3) is 22.5 Å². The van der Waals surface area contributed by atoms with Gasteiger partial charge in [0, 0.05) is 17.5 Å². The molecule has 0 unspecified atom stereocenters. The molecule has 4 rings (SSSR count). The van der Waals surface area contributed by atoms with Gasteiger partial charge in [-0.05, 0) is 50.2 Å². The molecular weight excluding hydrogens is 444 g/mol. The van der Waals surface area contributed by atoms with Gasteiger partial charge in [0.1, 0.15) is 0 Å². The van der Waals surface area contributed by atoms with Crippen molar-refractivity contribution in [3.63, 3.8) is 0 Å². The molecule has 4 heterocycles. The van der Waals surface area contributed by atoms with Crippen LogP contribution in [0, 0.1) is 0 Å². The maximum absolute atomic E-state index is 5.49. The van der Waals surface area contributed by atoms with Crippen LogP contribution in [0.5, 0.6) is 23.5 Å². The largest absolute Gasteiger partial charge is 0.481 e. The van der Waals surface area contributed by atoms with E-state index < -0.39 is 5.41 Å². The number of aromatic nitrogens is 4. The smallest absolute Gasteiger partial charge is 0.225 e. The lowest BCUT2D eigenvalue weighted by Gasteiger charge is -2.25. The lowest BCUT2D eigenvalue weighted by atomic mass is 9.84. The second-order valence-electron chi connectivity index (χ2n) is 8.26. The van der Waals surface area contributed by atoms with E-state index in [1.54, 1.807) is 40.6 Å². The van der Waals surface area contributed by atoms with Gasteiger partial charge in [0.2, 0.25) is 23.5 Å². The van der Waals surface area contributed by atoms with Gasteiger partial charge in [0.05, 0.1) is 62.3 Å². The normalized spacial score (nSPS) is 11.1. The van der Waals surface area contributed by atoms with E-state index in [0.29, 0.717) is 23.5 Å². The van der Waals surface area contributed by atoms with E-state index in [1.165, 1.54) is 0 Å². The van der Waals surface area contributed by atoms with Crippen molar-refractivity contribution >= 4 is 0 Å². The van der Waals surface area contributed by atoms with Gasteiger partial charge in [-0.2, -0.15) is 9.97 Å². The molecule has 180 valence electrons. The van der Waals surface area contributed by atoms with Crippen LogP contribution in [0.1, 0.15) is 25.2 Å². The first-order valence-corrected chi connectivity index (χ1v) is 11.0. The molecule has 35 heavy (non-hydrogen) atoms. The molecule has 0 aliphatic rings. The van der Waals surface area contributed by atoms with Gasteiger partial charge >= 0.3 is 0 Å². The van der Waals surface area contributed by atoms with Crippen LogP contribution in [0.4, 0.5) is 0 Å². The first-order valence-electron chi connectivity index (χ1n) is 11.0. The van der Waals surface area contributed by atoms with Crippen molar-refractivity contribution in [3.8, 4) is 46.0 Å². The molecule has 0 fully saturated rings. The summed E-state index contributed by atoms with van der Waals surface area (Å²) in [5, 5.41) is 0. The third-order valence-corrected chi connectivity index (χ3v) is 5.81. The molecule has 0 saturated carbocycles. The van der Waals surface area contributed by atoms with Crippen LogP contribution in [0.2, 0.25) is 0 Å². The molecule has 0 aliphatic heterocycles. The van der Waals surface area contributed by atoms with Gasteiger partial charge < -0.3 is 18.9 Å². The molecule has 0 spiro atoms. The molecular formula is C27H28N4O4. The van der Waals surface area contributed by atoms with Crippen LogP contribution in [-0.4, -0.2) is 48.4 Å². The summed E-state index contributed by atoms with van der Waals surface area (Å²) in [5.74, 6) is 1.86. The maximum atomic E-state index is 5.49. The molecule has 0 bridgehead atoms. The van der Waals surface area contributed by atoms with E-state index in [2.05, 4.69) is 23.8 Å². The maximum Gasteiger partial charge on any atom is 0.225 e. The van der Waals surface area contributed by atoms with Crippen LogP contribution < -0.4 is 18.9 Å². The Morgan fingerprint density at radius 3 is 1.31 bits per heavy atom. The summed E-state index contributed by atoms with van der Waals surface area (Å²) in [5.41, 5.74) is 4.28. The molecule has 0 amide bonds. The molecule has 0 atom stereocenters. The van der Waals surface area contributed by atoms with Gasteiger partial charge in [-0.25, -0.2) is 0 Å². The van der Waals surface area contributed by atoms with Gasteiger partial charge in [-0.3, -0.25) is 9.97 Å². The minimum Gasteiger partial charge on any atom is -0.481 e. The number of methoxy groups -OCH3 is 4. The highest BCUT2D eigenvalue weighted by molar-refractivity contribution is 5.67. The summed E-state index contributed by atoms with van der Waals surface area (Å²) in [4.78, 5) is 18.7. The highest BCUT2D eigenvalue weighted by atomic mass is 16.5. The molecule has 4 aromatic heterocycles. The minimum atomic E-state index is -0.494. The van der Waals surface area contributed by atoms with E-state index in [0.717, 1.165) is 33.9 Å². The highest BCUT2D eigenvalue weighted by Crippen LogP contribution is 2.35. The van der Waals surface area contributed by atoms with Crippen LogP contribution in [-0.2, 0) is 5.41 Å². The first kappa shape index (κ1) is 23.9. The minimum absolute atomic E-state index is 0.450. The van der Waals surface area contributed by atoms with Gasteiger partial charge in [0.25, 0.3) is 0 Å². The number of rotatable bonds is 8. The zero-order valence-corrected chi connectivity index (χ0v) is 20.7. The topological polar surface area (TPSA) is 88.5 Å². The predicted molar refractivity (Wildman–Crippen MR) is 133 cm³/mol. The fraction of sp³-hybridized carbons (Fsp3) is 0.259. The summed E-state index contributed by atoms with van der Waals surface area (Å²) < 4.78 is 21.4.